The first-order valence-corrected chi connectivity index (χ1v) is 6.40. The quantitative estimate of drug-likeness (QED) is 0.671. The Morgan fingerprint density at radius 1 is 1.50 bits per heavy atom. The van der Waals surface area contributed by atoms with E-state index in [2.05, 4.69) is 10.4 Å². The molecule has 20 heavy (non-hydrogen) atoms. The molecule has 0 atom stereocenters. The van der Waals surface area contributed by atoms with Gasteiger partial charge in [0.05, 0.1) is 11.5 Å². The van der Waals surface area contributed by atoms with Crippen LogP contribution in [0.2, 0.25) is 0 Å². The molecular weight excluding hydrogens is 260 g/mol. The van der Waals surface area contributed by atoms with Gasteiger partial charge in [0, 0.05) is 13.0 Å². The molecule has 2 aromatic heterocycles. The first kappa shape index (κ1) is 14.1. The van der Waals surface area contributed by atoms with Gasteiger partial charge in [-0.2, -0.15) is 5.10 Å². The first-order valence-electron chi connectivity index (χ1n) is 6.40. The molecule has 2 aromatic rings. The van der Waals surface area contributed by atoms with Crippen molar-refractivity contribution in [3.63, 3.8) is 0 Å². The van der Waals surface area contributed by atoms with Gasteiger partial charge < -0.3 is 9.73 Å². The molecule has 0 fully saturated rings. The predicted octanol–water partition coefficient (Wildman–Crippen LogP) is 2.97. The van der Waals surface area contributed by atoms with Crippen molar-refractivity contribution in [2.45, 2.75) is 33.2 Å². The van der Waals surface area contributed by atoms with Crippen LogP contribution >= 0.6 is 0 Å². The van der Waals surface area contributed by atoms with E-state index in [1.807, 2.05) is 32.9 Å². The predicted molar refractivity (Wildman–Crippen MR) is 74.7 cm³/mol. The molecule has 0 radical (unpaired) electrons. The lowest BCUT2D eigenvalue weighted by Crippen LogP contribution is -2.05. The van der Waals surface area contributed by atoms with Crippen molar-refractivity contribution < 1.29 is 9.34 Å². The minimum absolute atomic E-state index is 0.0111. The van der Waals surface area contributed by atoms with Crippen molar-refractivity contribution in [2.24, 2.45) is 7.05 Å². The number of aryl methyl sites for hydroxylation is 2. The van der Waals surface area contributed by atoms with Crippen LogP contribution in [0.1, 0.15) is 37.0 Å². The number of aromatic nitrogens is 2. The fourth-order valence-corrected chi connectivity index (χ4v) is 2.05. The molecule has 0 spiro atoms. The van der Waals surface area contributed by atoms with Gasteiger partial charge in [-0.3, -0.25) is 10.1 Å². The van der Waals surface area contributed by atoms with Crippen LogP contribution in [-0.2, 0) is 13.6 Å². The molecule has 1 N–H and O–H groups in total. The Bertz CT molecular complexity index is 628. The Labute approximate surface area is 116 Å². The summed E-state index contributed by atoms with van der Waals surface area (Å²) in [4.78, 5) is 10.9. The normalized spacial score (nSPS) is 11.1. The lowest BCUT2D eigenvalue weighted by Gasteiger charge is -2.04. The van der Waals surface area contributed by atoms with E-state index in [4.69, 9.17) is 4.42 Å². The molecule has 0 aliphatic carbocycles. The number of hydrogen-bond acceptors (Lipinski definition) is 5. The second kappa shape index (κ2) is 5.36. The van der Waals surface area contributed by atoms with Crippen LogP contribution in [0.3, 0.4) is 0 Å². The second-order valence-electron chi connectivity index (χ2n) is 4.98. The third-order valence-corrected chi connectivity index (χ3v) is 3.00. The average molecular weight is 278 g/mol. The minimum Gasteiger partial charge on any atom is -0.465 e. The van der Waals surface area contributed by atoms with Crippen molar-refractivity contribution in [1.29, 1.82) is 0 Å². The van der Waals surface area contributed by atoms with E-state index in [1.54, 1.807) is 7.05 Å². The van der Waals surface area contributed by atoms with E-state index in [-0.39, 0.29) is 11.6 Å². The highest BCUT2D eigenvalue weighted by Gasteiger charge is 2.28. The highest BCUT2D eigenvalue weighted by molar-refractivity contribution is 5.60. The maximum absolute atomic E-state index is 11.3. The maximum Gasteiger partial charge on any atom is 0.334 e. The number of hydrogen-bond donors (Lipinski definition) is 1. The van der Waals surface area contributed by atoms with E-state index >= 15 is 0 Å². The number of nitrogens with zero attached hydrogens (tertiary/aromatic N) is 3. The summed E-state index contributed by atoms with van der Waals surface area (Å²) >= 11 is 0. The Morgan fingerprint density at radius 2 is 2.20 bits per heavy atom. The molecule has 0 unspecified atom stereocenters. The molecule has 2 heterocycles. The highest BCUT2D eigenvalue weighted by atomic mass is 16.6. The zero-order valence-electron chi connectivity index (χ0n) is 12.0. The molecular formula is C13H18N4O3. The Hall–Kier alpha value is -2.31. The van der Waals surface area contributed by atoms with Crippen molar-refractivity contribution >= 4 is 11.5 Å². The highest BCUT2D eigenvalue weighted by Crippen LogP contribution is 2.33. The summed E-state index contributed by atoms with van der Waals surface area (Å²) in [6.45, 7) is 6.00. The second-order valence-corrected chi connectivity index (χ2v) is 4.98. The lowest BCUT2D eigenvalue weighted by atomic mass is 10.1. The summed E-state index contributed by atoms with van der Waals surface area (Å²) in [5, 5.41) is 18.5. The van der Waals surface area contributed by atoms with Crippen molar-refractivity contribution in [2.75, 3.05) is 5.32 Å². The van der Waals surface area contributed by atoms with Crippen LogP contribution in [0.25, 0.3) is 0 Å². The SMILES string of the molecule is Cc1ccc(CNc2c([N+](=O)[O-])c(C(C)C)nn2C)o1. The lowest BCUT2D eigenvalue weighted by molar-refractivity contribution is -0.384. The number of nitrogens with one attached hydrogen (secondary N) is 1. The van der Waals surface area contributed by atoms with Crippen LogP contribution in [0.15, 0.2) is 16.5 Å². The van der Waals surface area contributed by atoms with Gasteiger partial charge >= 0.3 is 5.69 Å². The third kappa shape index (κ3) is 2.66. The summed E-state index contributed by atoms with van der Waals surface area (Å²) < 4.78 is 6.94. The van der Waals surface area contributed by atoms with Gasteiger partial charge in [0.2, 0.25) is 5.82 Å². The van der Waals surface area contributed by atoms with E-state index < -0.39 is 4.92 Å². The zero-order valence-corrected chi connectivity index (χ0v) is 12.0. The molecule has 0 saturated heterocycles. The average Bonchev–Trinajstić information content (AvgIpc) is 2.90. The molecule has 2 rings (SSSR count). The smallest absolute Gasteiger partial charge is 0.334 e. The van der Waals surface area contributed by atoms with Crippen LogP contribution in [-0.4, -0.2) is 14.7 Å². The maximum atomic E-state index is 11.3. The largest absolute Gasteiger partial charge is 0.465 e. The van der Waals surface area contributed by atoms with Crippen molar-refractivity contribution in [1.82, 2.24) is 9.78 Å². The zero-order chi connectivity index (χ0) is 14.9. The standard InChI is InChI=1S/C13H18N4O3/c1-8(2)11-12(17(18)19)13(16(4)15-11)14-7-10-6-5-9(3)20-10/h5-6,8,14H,7H2,1-4H3. The van der Waals surface area contributed by atoms with Crippen molar-refractivity contribution in [3.8, 4) is 0 Å². The summed E-state index contributed by atoms with van der Waals surface area (Å²) in [6.07, 6.45) is 0. The summed E-state index contributed by atoms with van der Waals surface area (Å²) in [5.74, 6) is 1.92. The molecule has 0 aliphatic heterocycles. The Morgan fingerprint density at radius 3 is 2.70 bits per heavy atom. The first-order chi connectivity index (χ1) is 9.40. The van der Waals surface area contributed by atoms with Crippen LogP contribution < -0.4 is 5.32 Å². The molecule has 108 valence electrons. The van der Waals surface area contributed by atoms with Gasteiger partial charge in [-0.05, 0) is 19.1 Å². The fourth-order valence-electron chi connectivity index (χ4n) is 2.05. The van der Waals surface area contributed by atoms with Gasteiger partial charge in [0.25, 0.3) is 0 Å². The van der Waals surface area contributed by atoms with Crippen LogP contribution in [0.5, 0.6) is 0 Å². The third-order valence-electron chi connectivity index (χ3n) is 3.00. The number of nitro groups is 1. The van der Waals surface area contributed by atoms with Gasteiger partial charge in [-0.25, -0.2) is 4.68 Å². The Balaban J connectivity index is 2.28. The van der Waals surface area contributed by atoms with E-state index in [1.165, 1.54) is 4.68 Å². The summed E-state index contributed by atoms with van der Waals surface area (Å²) in [7, 11) is 1.69. The van der Waals surface area contributed by atoms with Gasteiger partial charge in [0.1, 0.15) is 17.2 Å². The molecule has 0 aromatic carbocycles. The molecule has 7 nitrogen and oxygen atoms in total. The van der Waals surface area contributed by atoms with Gasteiger partial charge in [-0.15, -0.1) is 0 Å². The minimum atomic E-state index is -0.391. The van der Waals surface area contributed by atoms with E-state index in [0.717, 1.165) is 11.5 Å². The molecule has 0 amide bonds. The van der Waals surface area contributed by atoms with Crippen LogP contribution in [0, 0.1) is 17.0 Å². The molecule has 0 saturated carbocycles. The van der Waals surface area contributed by atoms with Crippen molar-refractivity contribution in [3.05, 3.63) is 39.5 Å². The topological polar surface area (TPSA) is 86.1 Å². The molecule has 0 aliphatic rings. The number of furan rings is 1. The Kier molecular flexibility index (Phi) is 3.78. The monoisotopic (exact) mass is 278 g/mol. The number of rotatable bonds is 5. The fraction of sp³-hybridized carbons (Fsp3) is 0.462. The summed E-state index contributed by atoms with van der Waals surface area (Å²) in [6, 6.07) is 3.70. The number of anilines is 1. The molecule has 7 heteroatoms. The molecule has 0 bridgehead atoms. The van der Waals surface area contributed by atoms with Gasteiger partial charge in [-0.1, -0.05) is 13.8 Å². The van der Waals surface area contributed by atoms with E-state index in [0.29, 0.717) is 18.1 Å². The van der Waals surface area contributed by atoms with Crippen LogP contribution in [0.4, 0.5) is 11.5 Å². The summed E-state index contributed by atoms with van der Waals surface area (Å²) in [5.41, 5.74) is 0.515. The van der Waals surface area contributed by atoms with Gasteiger partial charge in [0.15, 0.2) is 0 Å². The van der Waals surface area contributed by atoms with E-state index in [9.17, 15) is 10.1 Å².